The summed E-state index contributed by atoms with van der Waals surface area (Å²) in [6.07, 6.45) is 12.7. The summed E-state index contributed by atoms with van der Waals surface area (Å²) in [6, 6.07) is 7.55. The van der Waals surface area contributed by atoms with Crippen LogP contribution >= 0.6 is 0 Å². The monoisotopic (exact) mass is 406 g/mol. The molecular formula is C24H30N4O2. The molecule has 6 nitrogen and oxygen atoms in total. The molecule has 2 N–H and O–H groups in total. The van der Waals surface area contributed by atoms with E-state index in [1.807, 2.05) is 37.4 Å². The van der Waals surface area contributed by atoms with Crippen LogP contribution in [-0.2, 0) is 11.2 Å². The van der Waals surface area contributed by atoms with Crippen LogP contribution in [0.2, 0.25) is 0 Å². The van der Waals surface area contributed by atoms with Gasteiger partial charge in [-0.15, -0.1) is 0 Å². The van der Waals surface area contributed by atoms with Gasteiger partial charge in [-0.1, -0.05) is 25.3 Å². The smallest absolute Gasteiger partial charge is 0.253 e. The zero-order chi connectivity index (χ0) is 21.0. The van der Waals surface area contributed by atoms with E-state index in [1.54, 1.807) is 6.20 Å². The zero-order valence-corrected chi connectivity index (χ0v) is 17.6. The van der Waals surface area contributed by atoms with Gasteiger partial charge in [0.25, 0.3) is 5.91 Å². The van der Waals surface area contributed by atoms with Gasteiger partial charge in [0.05, 0.1) is 5.56 Å². The molecule has 6 heteroatoms. The number of amides is 2. The van der Waals surface area contributed by atoms with Crippen LogP contribution in [0.25, 0.3) is 0 Å². The fourth-order valence-corrected chi connectivity index (χ4v) is 4.30. The summed E-state index contributed by atoms with van der Waals surface area (Å²) in [5.74, 6) is 0.830. The number of hydrogen-bond donors (Lipinski definition) is 2. The number of aromatic nitrogens is 2. The molecule has 0 radical (unpaired) electrons. The number of carbonyl (C=O) groups excluding carboxylic acids is 2. The van der Waals surface area contributed by atoms with Crippen molar-refractivity contribution in [1.29, 1.82) is 0 Å². The number of rotatable bonds is 7. The van der Waals surface area contributed by atoms with Gasteiger partial charge in [0, 0.05) is 29.5 Å². The summed E-state index contributed by atoms with van der Waals surface area (Å²) >= 11 is 0. The summed E-state index contributed by atoms with van der Waals surface area (Å²) in [6.45, 7) is 1.87. The van der Waals surface area contributed by atoms with Crippen molar-refractivity contribution < 1.29 is 9.59 Å². The molecular weight excluding hydrogens is 376 g/mol. The van der Waals surface area contributed by atoms with Gasteiger partial charge in [0.15, 0.2) is 0 Å². The molecule has 2 aromatic heterocycles. The van der Waals surface area contributed by atoms with Crippen LogP contribution in [-0.4, -0.2) is 27.3 Å². The van der Waals surface area contributed by atoms with E-state index in [4.69, 9.17) is 0 Å². The van der Waals surface area contributed by atoms with Gasteiger partial charge < -0.3 is 10.6 Å². The molecule has 0 saturated heterocycles. The Kier molecular flexibility index (Phi) is 6.11. The highest BCUT2D eigenvalue weighted by atomic mass is 16.2. The Hall–Kier alpha value is -2.76. The Bertz CT molecular complexity index is 900. The van der Waals surface area contributed by atoms with Crippen molar-refractivity contribution in [1.82, 2.24) is 15.3 Å². The van der Waals surface area contributed by atoms with Gasteiger partial charge >= 0.3 is 0 Å². The standard InChI is InChI=1S/C24H30N4O2/c1-17-20(6-5-15-25-17)23(30)28-24(12-3-2-4-13-24)14-11-18-7-10-21(26-16-18)27-22(29)19-8-9-19/h5-7,10,15-16,19H,2-4,8-9,11-14H2,1H3,(H,28,30)(H,26,27,29). The molecule has 2 saturated carbocycles. The molecule has 2 heterocycles. The number of nitrogens with one attached hydrogen (secondary N) is 2. The fraction of sp³-hybridized carbons (Fsp3) is 0.500. The maximum absolute atomic E-state index is 13.0. The van der Waals surface area contributed by atoms with E-state index < -0.39 is 0 Å². The lowest BCUT2D eigenvalue weighted by molar-refractivity contribution is -0.117. The van der Waals surface area contributed by atoms with Crippen molar-refractivity contribution in [2.24, 2.45) is 5.92 Å². The molecule has 0 spiro atoms. The van der Waals surface area contributed by atoms with Crippen molar-refractivity contribution in [3.05, 3.63) is 53.5 Å². The Morgan fingerprint density at radius 1 is 1.10 bits per heavy atom. The molecule has 0 atom stereocenters. The molecule has 30 heavy (non-hydrogen) atoms. The lowest BCUT2D eigenvalue weighted by Crippen LogP contribution is -2.50. The highest BCUT2D eigenvalue weighted by Crippen LogP contribution is 2.33. The maximum Gasteiger partial charge on any atom is 0.253 e. The minimum absolute atomic E-state index is 0.0289. The summed E-state index contributed by atoms with van der Waals surface area (Å²) in [4.78, 5) is 33.5. The van der Waals surface area contributed by atoms with Crippen LogP contribution < -0.4 is 10.6 Å². The van der Waals surface area contributed by atoms with E-state index in [-0.39, 0.29) is 23.3 Å². The third-order valence-corrected chi connectivity index (χ3v) is 6.36. The molecule has 4 rings (SSSR count). The van der Waals surface area contributed by atoms with Crippen LogP contribution in [0.15, 0.2) is 36.7 Å². The van der Waals surface area contributed by atoms with Crippen molar-refractivity contribution in [2.75, 3.05) is 5.32 Å². The van der Waals surface area contributed by atoms with Crippen LogP contribution in [0.4, 0.5) is 5.82 Å². The highest BCUT2D eigenvalue weighted by molar-refractivity contribution is 5.95. The predicted octanol–water partition coefficient (Wildman–Crippen LogP) is 4.20. The lowest BCUT2D eigenvalue weighted by Gasteiger charge is -2.38. The summed E-state index contributed by atoms with van der Waals surface area (Å²) in [5, 5.41) is 6.24. The minimum Gasteiger partial charge on any atom is -0.347 e. The number of aryl methyl sites for hydroxylation is 2. The molecule has 0 aliphatic heterocycles. The van der Waals surface area contributed by atoms with Gasteiger partial charge in [-0.25, -0.2) is 4.98 Å². The fourth-order valence-electron chi connectivity index (χ4n) is 4.30. The third kappa shape index (κ3) is 5.04. The second-order valence-corrected chi connectivity index (χ2v) is 8.75. The molecule has 2 fully saturated rings. The molecule has 2 amide bonds. The molecule has 158 valence electrons. The first-order valence-corrected chi connectivity index (χ1v) is 11.0. The quantitative estimate of drug-likeness (QED) is 0.722. The van der Waals surface area contributed by atoms with Crippen LogP contribution in [0.5, 0.6) is 0 Å². The van der Waals surface area contributed by atoms with Crippen molar-refractivity contribution in [3.63, 3.8) is 0 Å². The van der Waals surface area contributed by atoms with Crippen molar-refractivity contribution in [2.45, 2.75) is 70.3 Å². The van der Waals surface area contributed by atoms with Gasteiger partial charge in [0.2, 0.25) is 5.91 Å². The lowest BCUT2D eigenvalue weighted by atomic mass is 9.77. The van der Waals surface area contributed by atoms with E-state index in [0.717, 1.165) is 62.6 Å². The normalized spacial score (nSPS) is 17.9. The Labute approximate surface area is 177 Å². The van der Waals surface area contributed by atoms with Gasteiger partial charge in [0.1, 0.15) is 5.82 Å². The zero-order valence-electron chi connectivity index (χ0n) is 17.6. The van der Waals surface area contributed by atoms with Gasteiger partial charge in [-0.3, -0.25) is 14.6 Å². The first-order chi connectivity index (χ1) is 14.5. The number of anilines is 1. The average molecular weight is 407 g/mol. The molecule has 0 unspecified atom stereocenters. The van der Waals surface area contributed by atoms with Crippen LogP contribution in [0.1, 0.15) is 73.0 Å². The number of carbonyl (C=O) groups is 2. The van der Waals surface area contributed by atoms with E-state index >= 15 is 0 Å². The summed E-state index contributed by atoms with van der Waals surface area (Å²) in [5.41, 5.74) is 2.35. The third-order valence-electron chi connectivity index (χ3n) is 6.36. The molecule has 0 aromatic carbocycles. The van der Waals surface area contributed by atoms with Gasteiger partial charge in [-0.05, 0) is 69.2 Å². The van der Waals surface area contributed by atoms with E-state index in [0.29, 0.717) is 11.4 Å². The Morgan fingerprint density at radius 3 is 2.57 bits per heavy atom. The molecule has 0 bridgehead atoms. The second-order valence-electron chi connectivity index (χ2n) is 8.75. The molecule has 2 aliphatic rings. The summed E-state index contributed by atoms with van der Waals surface area (Å²) < 4.78 is 0. The average Bonchev–Trinajstić information content (AvgIpc) is 3.60. The first kappa shape index (κ1) is 20.5. The summed E-state index contributed by atoms with van der Waals surface area (Å²) in [7, 11) is 0. The van der Waals surface area contributed by atoms with E-state index in [2.05, 4.69) is 20.6 Å². The largest absolute Gasteiger partial charge is 0.347 e. The minimum atomic E-state index is -0.184. The topological polar surface area (TPSA) is 84.0 Å². The van der Waals surface area contributed by atoms with Gasteiger partial charge in [-0.2, -0.15) is 0 Å². The molecule has 2 aliphatic carbocycles. The van der Waals surface area contributed by atoms with Crippen LogP contribution in [0.3, 0.4) is 0 Å². The molecule has 2 aromatic rings. The van der Waals surface area contributed by atoms with Crippen molar-refractivity contribution in [3.8, 4) is 0 Å². The number of nitrogens with zero attached hydrogens (tertiary/aromatic N) is 2. The Balaban J connectivity index is 1.39. The first-order valence-electron chi connectivity index (χ1n) is 11.0. The van der Waals surface area contributed by atoms with E-state index in [9.17, 15) is 9.59 Å². The second kappa shape index (κ2) is 8.94. The van der Waals surface area contributed by atoms with Crippen LogP contribution in [0, 0.1) is 12.8 Å². The predicted molar refractivity (Wildman–Crippen MR) is 116 cm³/mol. The maximum atomic E-state index is 13.0. The highest BCUT2D eigenvalue weighted by Gasteiger charge is 2.34. The number of hydrogen-bond acceptors (Lipinski definition) is 4. The van der Waals surface area contributed by atoms with Crippen molar-refractivity contribution >= 4 is 17.6 Å². The SMILES string of the molecule is Cc1ncccc1C(=O)NC1(CCc2ccc(NC(=O)C3CC3)nc2)CCCCC1. The number of pyridine rings is 2. The van der Waals surface area contributed by atoms with E-state index in [1.165, 1.54) is 6.42 Å². The Morgan fingerprint density at radius 2 is 1.90 bits per heavy atom.